The SMILES string of the molecule is N=CC(=N)c1ccccc1Br. The molecule has 56 valence electrons. The van der Waals surface area contributed by atoms with Crippen molar-refractivity contribution in [3.05, 3.63) is 34.3 Å². The van der Waals surface area contributed by atoms with Gasteiger partial charge in [0.25, 0.3) is 0 Å². The van der Waals surface area contributed by atoms with Crippen LogP contribution in [0.5, 0.6) is 0 Å². The lowest BCUT2D eigenvalue weighted by molar-refractivity contribution is 1.48. The summed E-state index contributed by atoms with van der Waals surface area (Å²) in [6.07, 6.45) is 1.03. The molecule has 2 N–H and O–H groups in total. The van der Waals surface area contributed by atoms with Gasteiger partial charge in [-0.2, -0.15) is 0 Å². The molecule has 2 nitrogen and oxygen atoms in total. The van der Waals surface area contributed by atoms with Crippen LogP contribution in [0.15, 0.2) is 28.7 Å². The molecule has 0 heterocycles. The van der Waals surface area contributed by atoms with Crippen molar-refractivity contribution in [1.82, 2.24) is 0 Å². The standard InChI is InChI=1S/C8H7BrN2/c9-7-4-2-1-3-6(7)8(11)5-10/h1-5,10-11H. The Morgan fingerprint density at radius 3 is 2.55 bits per heavy atom. The first-order valence-corrected chi connectivity index (χ1v) is 3.89. The van der Waals surface area contributed by atoms with Gasteiger partial charge in [0.05, 0.1) is 5.71 Å². The Morgan fingerprint density at radius 1 is 1.36 bits per heavy atom. The zero-order valence-electron chi connectivity index (χ0n) is 5.76. The third-order valence-corrected chi connectivity index (χ3v) is 2.00. The molecule has 0 aliphatic heterocycles. The molecule has 0 saturated heterocycles. The Labute approximate surface area is 73.4 Å². The van der Waals surface area contributed by atoms with Gasteiger partial charge >= 0.3 is 0 Å². The first kappa shape index (κ1) is 8.14. The summed E-state index contributed by atoms with van der Waals surface area (Å²) >= 11 is 3.29. The zero-order chi connectivity index (χ0) is 8.27. The number of hydrogen-bond acceptors (Lipinski definition) is 2. The van der Waals surface area contributed by atoms with Crippen molar-refractivity contribution >= 4 is 27.9 Å². The summed E-state index contributed by atoms with van der Waals surface area (Å²) in [6, 6.07) is 7.38. The van der Waals surface area contributed by atoms with E-state index in [-0.39, 0.29) is 5.71 Å². The maximum absolute atomic E-state index is 7.35. The van der Waals surface area contributed by atoms with Gasteiger partial charge in [0.1, 0.15) is 0 Å². The fourth-order valence-corrected chi connectivity index (χ4v) is 1.26. The number of hydrogen-bond donors (Lipinski definition) is 2. The fourth-order valence-electron chi connectivity index (χ4n) is 0.757. The topological polar surface area (TPSA) is 47.7 Å². The first-order chi connectivity index (χ1) is 5.25. The molecule has 11 heavy (non-hydrogen) atoms. The summed E-state index contributed by atoms with van der Waals surface area (Å²) in [4.78, 5) is 0. The maximum atomic E-state index is 7.35. The van der Waals surface area contributed by atoms with E-state index in [1.54, 1.807) is 6.07 Å². The van der Waals surface area contributed by atoms with Gasteiger partial charge < -0.3 is 5.41 Å². The average Bonchev–Trinajstić information content (AvgIpc) is 2.04. The molecule has 0 aliphatic carbocycles. The van der Waals surface area contributed by atoms with E-state index in [1.165, 1.54) is 0 Å². The van der Waals surface area contributed by atoms with Crippen molar-refractivity contribution in [2.24, 2.45) is 0 Å². The highest BCUT2D eigenvalue weighted by Crippen LogP contribution is 2.15. The summed E-state index contributed by atoms with van der Waals surface area (Å²) in [5.41, 5.74) is 0.972. The smallest absolute Gasteiger partial charge is 0.0799 e. The Morgan fingerprint density at radius 2 is 2.00 bits per heavy atom. The second-order valence-electron chi connectivity index (χ2n) is 2.04. The van der Waals surface area contributed by atoms with E-state index in [0.29, 0.717) is 0 Å². The van der Waals surface area contributed by atoms with E-state index < -0.39 is 0 Å². The summed E-state index contributed by atoms with van der Waals surface area (Å²) < 4.78 is 0.855. The zero-order valence-corrected chi connectivity index (χ0v) is 7.35. The largest absolute Gasteiger partial charge is 0.307 e. The quantitative estimate of drug-likeness (QED) is 0.706. The van der Waals surface area contributed by atoms with Crippen LogP contribution in [-0.4, -0.2) is 11.9 Å². The lowest BCUT2D eigenvalue weighted by Gasteiger charge is -1.99. The van der Waals surface area contributed by atoms with E-state index in [1.807, 2.05) is 18.2 Å². The molecule has 0 fully saturated rings. The lowest BCUT2D eigenvalue weighted by atomic mass is 10.1. The summed E-state index contributed by atoms with van der Waals surface area (Å²) in [5.74, 6) is 0. The van der Waals surface area contributed by atoms with Crippen LogP contribution in [0.2, 0.25) is 0 Å². The van der Waals surface area contributed by atoms with E-state index >= 15 is 0 Å². The molecule has 0 aromatic heterocycles. The molecular formula is C8H7BrN2. The van der Waals surface area contributed by atoms with Crippen LogP contribution in [0.1, 0.15) is 5.56 Å². The minimum Gasteiger partial charge on any atom is -0.307 e. The Bertz CT molecular complexity index is 294. The molecular weight excluding hydrogens is 204 g/mol. The first-order valence-electron chi connectivity index (χ1n) is 3.09. The lowest BCUT2D eigenvalue weighted by Crippen LogP contribution is -1.99. The summed E-state index contributed by atoms with van der Waals surface area (Å²) in [6.45, 7) is 0. The van der Waals surface area contributed by atoms with Crippen LogP contribution in [0, 0.1) is 10.8 Å². The number of nitrogens with one attached hydrogen (secondary N) is 2. The normalized spacial score (nSPS) is 9.18. The van der Waals surface area contributed by atoms with Crippen LogP contribution >= 0.6 is 15.9 Å². The van der Waals surface area contributed by atoms with E-state index in [4.69, 9.17) is 10.8 Å². The molecule has 0 atom stereocenters. The Balaban J connectivity index is 3.13. The van der Waals surface area contributed by atoms with Crippen molar-refractivity contribution in [3.63, 3.8) is 0 Å². The fraction of sp³-hybridized carbons (Fsp3) is 0. The molecule has 1 rings (SSSR count). The Hall–Kier alpha value is -0.960. The van der Waals surface area contributed by atoms with Crippen LogP contribution in [0.25, 0.3) is 0 Å². The number of benzene rings is 1. The van der Waals surface area contributed by atoms with Gasteiger partial charge in [-0.15, -0.1) is 0 Å². The van der Waals surface area contributed by atoms with Crippen LogP contribution in [-0.2, 0) is 0 Å². The van der Waals surface area contributed by atoms with Gasteiger partial charge in [-0.05, 0) is 6.07 Å². The molecule has 0 bridgehead atoms. The molecule has 0 spiro atoms. The van der Waals surface area contributed by atoms with Gasteiger partial charge in [0, 0.05) is 16.3 Å². The predicted molar refractivity (Wildman–Crippen MR) is 49.8 cm³/mol. The van der Waals surface area contributed by atoms with Gasteiger partial charge in [0.2, 0.25) is 0 Å². The van der Waals surface area contributed by atoms with Gasteiger partial charge in [0.15, 0.2) is 0 Å². The average molecular weight is 211 g/mol. The molecule has 1 aromatic carbocycles. The maximum Gasteiger partial charge on any atom is 0.0799 e. The van der Waals surface area contributed by atoms with Gasteiger partial charge in [-0.3, -0.25) is 5.41 Å². The van der Waals surface area contributed by atoms with Crippen molar-refractivity contribution in [2.75, 3.05) is 0 Å². The molecule has 0 aliphatic rings. The predicted octanol–water partition coefficient (Wildman–Crippen LogP) is 2.47. The van der Waals surface area contributed by atoms with Crippen molar-refractivity contribution in [3.8, 4) is 0 Å². The third kappa shape index (κ3) is 1.74. The Kier molecular flexibility index (Phi) is 2.54. The monoisotopic (exact) mass is 210 g/mol. The molecule has 1 aromatic rings. The highest BCUT2D eigenvalue weighted by atomic mass is 79.9. The van der Waals surface area contributed by atoms with Crippen LogP contribution < -0.4 is 0 Å². The molecule has 0 saturated carbocycles. The minimum absolute atomic E-state index is 0.220. The van der Waals surface area contributed by atoms with Crippen molar-refractivity contribution < 1.29 is 0 Å². The minimum atomic E-state index is 0.220. The highest BCUT2D eigenvalue weighted by Gasteiger charge is 2.00. The van der Waals surface area contributed by atoms with E-state index in [2.05, 4.69) is 15.9 Å². The van der Waals surface area contributed by atoms with Crippen molar-refractivity contribution in [2.45, 2.75) is 0 Å². The summed E-state index contributed by atoms with van der Waals surface area (Å²) in [5, 5.41) is 14.2. The van der Waals surface area contributed by atoms with Crippen molar-refractivity contribution in [1.29, 1.82) is 10.8 Å². The number of halogens is 1. The second-order valence-corrected chi connectivity index (χ2v) is 2.89. The second kappa shape index (κ2) is 3.44. The van der Waals surface area contributed by atoms with Gasteiger partial charge in [-0.25, -0.2) is 0 Å². The van der Waals surface area contributed by atoms with E-state index in [0.717, 1.165) is 16.3 Å². The molecule has 0 radical (unpaired) electrons. The van der Waals surface area contributed by atoms with Crippen LogP contribution in [0.4, 0.5) is 0 Å². The van der Waals surface area contributed by atoms with Crippen LogP contribution in [0.3, 0.4) is 0 Å². The van der Waals surface area contributed by atoms with E-state index in [9.17, 15) is 0 Å². The third-order valence-electron chi connectivity index (χ3n) is 1.31. The molecule has 0 amide bonds. The molecule has 0 unspecified atom stereocenters. The number of rotatable bonds is 2. The van der Waals surface area contributed by atoms with Gasteiger partial charge in [-0.1, -0.05) is 34.1 Å². The molecule has 3 heteroatoms. The summed E-state index contributed by atoms with van der Waals surface area (Å²) in [7, 11) is 0. The highest BCUT2D eigenvalue weighted by molar-refractivity contribution is 9.10.